The van der Waals surface area contributed by atoms with Crippen LogP contribution in [-0.4, -0.2) is 0 Å². The third kappa shape index (κ3) is 5.48. The van der Waals surface area contributed by atoms with Gasteiger partial charge in [0.25, 0.3) is 0 Å². The second kappa shape index (κ2) is 12.9. The average molecular weight is 720 g/mol. The highest BCUT2D eigenvalue weighted by atomic mass is 32.1. The highest BCUT2D eigenvalue weighted by Gasteiger charge is 2.17. The molecule has 0 bridgehead atoms. The Bertz CT molecular complexity index is 3190. The van der Waals surface area contributed by atoms with E-state index in [9.17, 15) is 0 Å². The Labute approximate surface area is 322 Å². The van der Waals surface area contributed by atoms with Gasteiger partial charge in [-0.25, -0.2) is 0 Å². The molecule has 0 atom stereocenters. The van der Waals surface area contributed by atoms with E-state index in [1.165, 1.54) is 53.2 Å². The van der Waals surface area contributed by atoms with Crippen molar-refractivity contribution in [3.8, 4) is 33.4 Å². The van der Waals surface area contributed by atoms with Crippen LogP contribution in [-0.2, 0) is 0 Å². The fraction of sp³-hybridized carbons (Fsp3) is 0. The summed E-state index contributed by atoms with van der Waals surface area (Å²) >= 11 is 1.87. The maximum atomic E-state index is 6.47. The second-order valence-electron chi connectivity index (χ2n) is 14.1. The maximum Gasteiger partial charge on any atom is 0.143 e. The summed E-state index contributed by atoms with van der Waals surface area (Å²) in [4.78, 5) is 2.35. The Morgan fingerprint density at radius 2 is 0.982 bits per heavy atom. The molecule has 0 spiro atoms. The van der Waals surface area contributed by atoms with E-state index in [1.807, 2.05) is 23.5 Å². The number of nitrogens with zero attached hydrogens (tertiary/aromatic N) is 1. The molecule has 0 aliphatic heterocycles. The van der Waals surface area contributed by atoms with Gasteiger partial charge in [-0.3, -0.25) is 0 Å². The van der Waals surface area contributed by atoms with E-state index in [2.05, 4.69) is 193 Å². The molecule has 9 aromatic carbocycles. The lowest BCUT2D eigenvalue weighted by atomic mass is 9.99. The first kappa shape index (κ1) is 31.6. The van der Waals surface area contributed by atoms with Gasteiger partial charge in [-0.05, 0) is 105 Å². The van der Waals surface area contributed by atoms with Crippen LogP contribution in [0.3, 0.4) is 0 Å². The van der Waals surface area contributed by atoms with Crippen LogP contribution in [0, 0.1) is 0 Å². The van der Waals surface area contributed by atoms with Crippen LogP contribution in [0.4, 0.5) is 17.1 Å². The standard InChI is InChI=1S/C52H33NOS/c1-2-10-34(11-3-1)35-22-26-41(27-23-35)53(43-13-8-12-39(31-43)44-16-9-17-47-45-14-4-6-18-49(45)54-52(44)47)42-28-24-36(25-29-42)37-20-21-38-32-48-46-15-5-7-19-50(46)55-51(48)33-40(38)30-37/h1-33H. The number of furan rings is 1. The molecule has 0 N–H and O–H groups in total. The molecule has 0 amide bonds. The van der Waals surface area contributed by atoms with Crippen molar-refractivity contribution < 1.29 is 4.42 Å². The Morgan fingerprint density at radius 3 is 1.80 bits per heavy atom. The number of benzene rings is 9. The minimum Gasteiger partial charge on any atom is -0.455 e. The molecule has 0 fully saturated rings. The van der Waals surface area contributed by atoms with Gasteiger partial charge in [0.1, 0.15) is 11.2 Å². The normalized spacial score (nSPS) is 11.6. The second-order valence-corrected chi connectivity index (χ2v) is 15.2. The first-order valence-corrected chi connectivity index (χ1v) is 19.5. The molecule has 0 saturated heterocycles. The summed E-state index contributed by atoms with van der Waals surface area (Å²) in [5.41, 5.74) is 12.0. The molecule has 0 radical (unpaired) electrons. The van der Waals surface area contributed by atoms with Crippen molar-refractivity contribution in [1.82, 2.24) is 0 Å². The number of para-hydroxylation sites is 2. The Hall–Kier alpha value is -6.94. The summed E-state index contributed by atoms with van der Waals surface area (Å²) in [6.45, 7) is 0. The molecular weight excluding hydrogens is 687 g/mol. The summed E-state index contributed by atoms with van der Waals surface area (Å²) in [6.07, 6.45) is 0. The Morgan fingerprint density at radius 1 is 0.345 bits per heavy atom. The van der Waals surface area contributed by atoms with Gasteiger partial charge >= 0.3 is 0 Å². The summed E-state index contributed by atoms with van der Waals surface area (Å²) in [7, 11) is 0. The lowest BCUT2D eigenvalue weighted by molar-refractivity contribution is 0.670. The molecular formula is C52H33NOS. The molecule has 2 heterocycles. The number of thiophene rings is 1. The smallest absolute Gasteiger partial charge is 0.143 e. The van der Waals surface area contributed by atoms with Crippen molar-refractivity contribution in [2.45, 2.75) is 0 Å². The molecule has 55 heavy (non-hydrogen) atoms. The predicted octanol–water partition coefficient (Wildman–Crippen LogP) is 15.6. The summed E-state index contributed by atoms with van der Waals surface area (Å²) < 4.78 is 9.13. The molecule has 3 heteroatoms. The molecule has 0 aliphatic rings. The summed E-state index contributed by atoms with van der Waals surface area (Å²) in [6, 6.07) is 72.2. The number of rotatable bonds is 6. The largest absolute Gasteiger partial charge is 0.455 e. The molecule has 0 unspecified atom stereocenters. The molecule has 11 rings (SSSR count). The van der Waals surface area contributed by atoms with Crippen LogP contribution >= 0.6 is 11.3 Å². The molecule has 0 saturated carbocycles. The number of hydrogen-bond donors (Lipinski definition) is 0. The van der Waals surface area contributed by atoms with Gasteiger partial charge in [-0.2, -0.15) is 0 Å². The Balaban J connectivity index is 0.999. The van der Waals surface area contributed by atoms with E-state index in [0.29, 0.717) is 0 Å². The zero-order chi connectivity index (χ0) is 36.3. The third-order valence-electron chi connectivity index (χ3n) is 10.8. The van der Waals surface area contributed by atoms with Crippen molar-refractivity contribution in [1.29, 1.82) is 0 Å². The van der Waals surface area contributed by atoms with Gasteiger partial charge in [0.05, 0.1) is 0 Å². The highest BCUT2D eigenvalue weighted by molar-refractivity contribution is 7.25. The third-order valence-corrected chi connectivity index (χ3v) is 12.0. The lowest BCUT2D eigenvalue weighted by Gasteiger charge is -2.26. The quantitative estimate of drug-likeness (QED) is 0.170. The number of hydrogen-bond acceptors (Lipinski definition) is 3. The van der Waals surface area contributed by atoms with Crippen molar-refractivity contribution >= 4 is 81.3 Å². The Kier molecular flexibility index (Phi) is 7.39. The minimum atomic E-state index is 0.904. The average Bonchev–Trinajstić information content (AvgIpc) is 3.82. The van der Waals surface area contributed by atoms with Gasteiger partial charge in [-0.1, -0.05) is 133 Å². The first-order chi connectivity index (χ1) is 27.2. The fourth-order valence-electron chi connectivity index (χ4n) is 8.12. The van der Waals surface area contributed by atoms with Crippen molar-refractivity contribution in [2.24, 2.45) is 0 Å². The zero-order valence-corrected chi connectivity index (χ0v) is 30.6. The van der Waals surface area contributed by atoms with Crippen molar-refractivity contribution in [3.63, 3.8) is 0 Å². The first-order valence-electron chi connectivity index (χ1n) is 18.7. The van der Waals surface area contributed by atoms with Gasteiger partial charge in [0.2, 0.25) is 0 Å². The number of fused-ring (bicyclic) bond motifs is 7. The topological polar surface area (TPSA) is 16.4 Å². The molecule has 0 aliphatic carbocycles. The molecule has 2 nitrogen and oxygen atoms in total. The molecule has 258 valence electrons. The SMILES string of the molecule is c1ccc(-c2ccc(N(c3ccc(-c4ccc5cc6c(cc5c4)sc4ccccc46)cc3)c3cccc(-c4cccc5c4oc4ccccc45)c3)cc2)cc1. The van der Waals surface area contributed by atoms with Gasteiger partial charge in [-0.15, -0.1) is 11.3 Å². The van der Waals surface area contributed by atoms with Crippen molar-refractivity contribution in [3.05, 3.63) is 200 Å². The monoisotopic (exact) mass is 719 g/mol. The maximum absolute atomic E-state index is 6.47. The molecule has 11 aromatic rings. The van der Waals surface area contributed by atoms with Gasteiger partial charge < -0.3 is 9.32 Å². The minimum absolute atomic E-state index is 0.904. The summed E-state index contributed by atoms with van der Waals surface area (Å²) in [5.74, 6) is 0. The van der Waals surface area contributed by atoms with E-state index in [4.69, 9.17) is 4.42 Å². The summed E-state index contributed by atoms with van der Waals surface area (Å²) in [5, 5.41) is 7.46. The van der Waals surface area contributed by atoms with Crippen LogP contribution in [0.25, 0.3) is 86.3 Å². The molecule has 2 aromatic heterocycles. The van der Waals surface area contributed by atoms with E-state index < -0.39 is 0 Å². The fourth-order valence-corrected chi connectivity index (χ4v) is 9.25. The van der Waals surface area contributed by atoms with E-state index in [0.717, 1.165) is 50.1 Å². The highest BCUT2D eigenvalue weighted by Crippen LogP contribution is 2.42. The van der Waals surface area contributed by atoms with E-state index in [1.54, 1.807) is 0 Å². The van der Waals surface area contributed by atoms with Crippen LogP contribution in [0.15, 0.2) is 205 Å². The van der Waals surface area contributed by atoms with Crippen LogP contribution < -0.4 is 4.90 Å². The van der Waals surface area contributed by atoms with E-state index >= 15 is 0 Å². The lowest BCUT2D eigenvalue weighted by Crippen LogP contribution is -2.10. The van der Waals surface area contributed by atoms with Crippen LogP contribution in [0.5, 0.6) is 0 Å². The van der Waals surface area contributed by atoms with Crippen LogP contribution in [0.1, 0.15) is 0 Å². The van der Waals surface area contributed by atoms with Gasteiger partial charge in [0, 0.05) is 53.6 Å². The van der Waals surface area contributed by atoms with Crippen LogP contribution in [0.2, 0.25) is 0 Å². The van der Waals surface area contributed by atoms with Gasteiger partial charge in [0.15, 0.2) is 0 Å². The zero-order valence-electron chi connectivity index (χ0n) is 29.8. The number of anilines is 3. The van der Waals surface area contributed by atoms with E-state index in [-0.39, 0.29) is 0 Å². The van der Waals surface area contributed by atoms with Crippen molar-refractivity contribution in [2.75, 3.05) is 4.90 Å². The predicted molar refractivity (Wildman–Crippen MR) is 235 cm³/mol.